The maximum absolute atomic E-state index is 10.4. The van der Waals surface area contributed by atoms with Crippen molar-refractivity contribution >= 4 is 42.4 Å². The molecule has 5 nitrogen and oxygen atoms in total. The molecule has 0 bridgehead atoms. The fraction of sp³-hybridized carbons (Fsp3) is 0.381. The van der Waals surface area contributed by atoms with Gasteiger partial charge in [-0.15, -0.1) is 24.8 Å². The Balaban J connectivity index is 0.00000210. The zero-order valence-corrected chi connectivity index (χ0v) is 18.5. The van der Waals surface area contributed by atoms with Crippen LogP contribution in [0, 0.1) is 0 Å². The lowest BCUT2D eigenvalue weighted by Gasteiger charge is -2.34. The SMILES string of the molecule is Cl.Cl.O=C(O)COCCN1CCN(Cc2ccc(-c3ccccc3Cl)cc2)CC1. The van der Waals surface area contributed by atoms with Crippen molar-refractivity contribution in [3.8, 4) is 11.1 Å². The molecule has 1 heterocycles. The summed E-state index contributed by atoms with van der Waals surface area (Å²) >= 11 is 6.28. The quantitative estimate of drug-likeness (QED) is 0.601. The number of hydrogen-bond donors (Lipinski definition) is 1. The van der Waals surface area contributed by atoms with Gasteiger partial charge in [0.2, 0.25) is 0 Å². The van der Waals surface area contributed by atoms with Crippen molar-refractivity contribution in [1.82, 2.24) is 9.80 Å². The monoisotopic (exact) mass is 460 g/mol. The van der Waals surface area contributed by atoms with Gasteiger partial charge in [0.25, 0.3) is 0 Å². The number of nitrogens with zero attached hydrogens (tertiary/aromatic N) is 2. The van der Waals surface area contributed by atoms with Crippen molar-refractivity contribution in [2.24, 2.45) is 0 Å². The van der Waals surface area contributed by atoms with Crippen LogP contribution in [0.15, 0.2) is 48.5 Å². The summed E-state index contributed by atoms with van der Waals surface area (Å²) in [7, 11) is 0. The van der Waals surface area contributed by atoms with Crippen molar-refractivity contribution in [1.29, 1.82) is 0 Å². The average Bonchev–Trinajstić information content (AvgIpc) is 2.67. The highest BCUT2D eigenvalue weighted by Gasteiger charge is 2.16. The second kappa shape index (κ2) is 13.1. The molecule has 8 heteroatoms. The van der Waals surface area contributed by atoms with Crippen LogP contribution in [0.1, 0.15) is 5.56 Å². The third kappa shape index (κ3) is 8.13. The summed E-state index contributed by atoms with van der Waals surface area (Å²) in [5, 5.41) is 9.34. The van der Waals surface area contributed by atoms with Crippen LogP contribution in [-0.2, 0) is 16.1 Å². The molecule has 2 aromatic carbocycles. The number of rotatable bonds is 8. The van der Waals surface area contributed by atoms with Crippen molar-refractivity contribution < 1.29 is 14.6 Å². The molecule has 1 aliphatic rings. The molecule has 0 unspecified atom stereocenters. The van der Waals surface area contributed by atoms with Crippen LogP contribution in [0.3, 0.4) is 0 Å². The van der Waals surface area contributed by atoms with Gasteiger partial charge in [0, 0.05) is 49.9 Å². The molecule has 0 spiro atoms. The summed E-state index contributed by atoms with van der Waals surface area (Å²) in [5.41, 5.74) is 3.49. The van der Waals surface area contributed by atoms with Gasteiger partial charge in [0.05, 0.1) is 6.61 Å². The summed E-state index contributed by atoms with van der Waals surface area (Å²) in [4.78, 5) is 15.2. The van der Waals surface area contributed by atoms with Gasteiger partial charge in [-0.3, -0.25) is 9.80 Å². The normalized spacial score (nSPS) is 14.7. The molecule has 29 heavy (non-hydrogen) atoms. The Morgan fingerprint density at radius 2 is 1.59 bits per heavy atom. The van der Waals surface area contributed by atoms with E-state index in [2.05, 4.69) is 34.1 Å². The summed E-state index contributed by atoms with van der Waals surface area (Å²) in [6.07, 6.45) is 0. The second-order valence-electron chi connectivity index (χ2n) is 6.74. The lowest BCUT2D eigenvalue weighted by atomic mass is 10.0. The van der Waals surface area contributed by atoms with E-state index in [1.807, 2.05) is 24.3 Å². The fourth-order valence-corrected chi connectivity index (χ4v) is 3.51. The van der Waals surface area contributed by atoms with Gasteiger partial charge in [-0.05, 0) is 17.2 Å². The minimum atomic E-state index is -0.916. The molecule has 0 aromatic heterocycles. The lowest BCUT2D eigenvalue weighted by molar-refractivity contribution is -0.142. The highest BCUT2D eigenvalue weighted by molar-refractivity contribution is 6.33. The Kier molecular flexibility index (Phi) is 11.6. The molecule has 1 N–H and O–H groups in total. The molecule has 0 aliphatic carbocycles. The maximum atomic E-state index is 10.4. The minimum absolute atomic E-state index is 0. The number of carboxylic acids is 1. The first-order valence-corrected chi connectivity index (χ1v) is 9.58. The van der Waals surface area contributed by atoms with Crippen molar-refractivity contribution in [3.05, 3.63) is 59.1 Å². The molecule has 1 saturated heterocycles. The Bertz CT molecular complexity index is 751. The number of hydrogen-bond acceptors (Lipinski definition) is 4. The summed E-state index contributed by atoms with van der Waals surface area (Å²) < 4.78 is 5.11. The molecule has 0 radical (unpaired) electrons. The third-order valence-electron chi connectivity index (χ3n) is 4.79. The summed E-state index contributed by atoms with van der Waals surface area (Å²) in [6.45, 7) is 5.94. The van der Waals surface area contributed by atoms with E-state index < -0.39 is 5.97 Å². The number of carbonyl (C=O) groups is 1. The van der Waals surface area contributed by atoms with Crippen LogP contribution < -0.4 is 0 Å². The minimum Gasteiger partial charge on any atom is -0.480 e. The van der Waals surface area contributed by atoms with Gasteiger partial charge in [-0.25, -0.2) is 4.79 Å². The Hall–Kier alpha value is -1.34. The van der Waals surface area contributed by atoms with Crippen molar-refractivity contribution in [2.45, 2.75) is 6.54 Å². The van der Waals surface area contributed by atoms with E-state index in [1.54, 1.807) is 0 Å². The van der Waals surface area contributed by atoms with Gasteiger partial charge < -0.3 is 9.84 Å². The third-order valence-corrected chi connectivity index (χ3v) is 5.12. The highest BCUT2D eigenvalue weighted by atomic mass is 35.5. The average molecular weight is 462 g/mol. The standard InChI is InChI=1S/C21H25ClN2O3.2ClH/c22-20-4-2-1-3-19(20)18-7-5-17(6-8-18)15-24-11-9-23(10-12-24)13-14-27-16-21(25)26;;/h1-8H,9-16H2,(H,25,26);2*1H. The zero-order valence-electron chi connectivity index (χ0n) is 16.1. The Labute approximate surface area is 189 Å². The predicted octanol–water partition coefficient (Wildman–Crippen LogP) is 4.07. The number of halogens is 3. The second-order valence-corrected chi connectivity index (χ2v) is 7.15. The largest absolute Gasteiger partial charge is 0.480 e. The van der Waals surface area contributed by atoms with Gasteiger partial charge in [0.1, 0.15) is 6.61 Å². The van der Waals surface area contributed by atoms with E-state index in [0.29, 0.717) is 6.61 Å². The number of piperazine rings is 1. The molecule has 2 aromatic rings. The molecule has 0 atom stereocenters. The van der Waals surface area contributed by atoms with E-state index in [0.717, 1.165) is 55.4 Å². The lowest BCUT2D eigenvalue weighted by Crippen LogP contribution is -2.46. The smallest absolute Gasteiger partial charge is 0.329 e. The molecule has 1 fully saturated rings. The fourth-order valence-electron chi connectivity index (χ4n) is 3.27. The van der Waals surface area contributed by atoms with Crippen LogP contribution in [0.2, 0.25) is 5.02 Å². The summed E-state index contributed by atoms with van der Waals surface area (Å²) in [6, 6.07) is 16.5. The molecule has 0 amide bonds. The number of carboxylic acid groups (broad SMARTS) is 1. The summed E-state index contributed by atoms with van der Waals surface area (Å²) in [5.74, 6) is -0.916. The first-order chi connectivity index (χ1) is 13.1. The van der Waals surface area contributed by atoms with Crippen LogP contribution >= 0.6 is 36.4 Å². The first-order valence-electron chi connectivity index (χ1n) is 9.20. The van der Waals surface area contributed by atoms with Gasteiger partial charge >= 0.3 is 5.97 Å². The number of aliphatic carboxylic acids is 1. The van der Waals surface area contributed by atoms with Crippen LogP contribution in [0.5, 0.6) is 0 Å². The van der Waals surface area contributed by atoms with Crippen LogP contribution in [0.25, 0.3) is 11.1 Å². The van der Waals surface area contributed by atoms with E-state index >= 15 is 0 Å². The molecule has 0 saturated carbocycles. The van der Waals surface area contributed by atoms with Crippen LogP contribution in [-0.4, -0.2) is 66.8 Å². The maximum Gasteiger partial charge on any atom is 0.329 e. The highest BCUT2D eigenvalue weighted by Crippen LogP contribution is 2.27. The van der Waals surface area contributed by atoms with Crippen molar-refractivity contribution in [3.63, 3.8) is 0 Å². The Morgan fingerprint density at radius 3 is 2.21 bits per heavy atom. The van der Waals surface area contributed by atoms with E-state index in [-0.39, 0.29) is 31.4 Å². The predicted molar refractivity (Wildman–Crippen MR) is 122 cm³/mol. The van der Waals surface area contributed by atoms with Crippen LogP contribution in [0.4, 0.5) is 0 Å². The van der Waals surface area contributed by atoms with E-state index in [1.165, 1.54) is 5.56 Å². The van der Waals surface area contributed by atoms with E-state index in [4.69, 9.17) is 21.4 Å². The van der Waals surface area contributed by atoms with Gasteiger partial charge in [-0.1, -0.05) is 54.1 Å². The number of benzene rings is 2. The molecule has 3 rings (SSSR count). The number of ether oxygens (including phenoxy) is 1. The molecule has 1 aliphatic heterocycles. The topological polar surface area (TPSA) is 53.0 Å². The molecular weight excluding hydrogens is 435 g/mol. The molecular formula is C21H27Cl3N2O3. The van der Waals surface area contributed by atoms with E-state index in [9.17, 15) is 4.79 Å². The van der Waals surface area contributed by atoms with Crippen molar-refractivity contribution in [2.75, 3.05) is 45.9 Å². The van der Waals surface area contributed by atoms with Gasteiger partial charge in [0.15, 0.2) is 0 Å². The zero-order chi connectivity index (χ0) is 19.1. The van der Waals surface area contributed by atoms with Gasteiger partial charge in [-0.2, -0.15) is 0 Å². The first kappa shape index (κ1) is 25.7. The Morgan fingerprint density at radius 1 is 0.966 bits per heavy atom. The molecule has 160 valence electrons.